The number of benzene rings is 1. The molecule has 1 aromatic rings. The highest BCUT2D eigenvalue weighted by molar-refractivity contribution is 6.17. The molecule has 1 nitrogen and oxygen atoms in total. The molecule has 0 radical (unpaired) electrons. The summed E-state index contributed by atoms with van der Waals surface area (Å²) in [4.78, 5) is 0. The number of nitrogens with one attached hydrogen (secondary N) is 1. The number of aryl methyl sites for hydroxylation is 1. The Labute approximate surface area is 111 Å². The lowest BCUT2D eigenvalue weighted by atomic mass is 10.0. The Morgan fingerprint density at radius 1 is 1.12 bits per heavy atom. The topological polar surface area (TPSA) is 12.0 Å². The zero-order valence-electron chi connectivity index (χ0n) is 11.0. The lowest BCUT2D eigenvalue weighted by Gasteiger charge is -2.14. The number of hydrogen-bond acceptors (Lipinski definition) is 1. The minimum atomic E-state index is 0.711. The highest BCUT2D eigenvalue weighted by Crippen LogP contribution is 2.09. The van der Waals surface area contributed by atoms with Crippen molar-refractivity contribution >= 4 is 11.6 Å². The van der Waals surface area contributed by atoms with Crippen LogP contribution in [-0.4, -0.2) is 12.4 Å². The molecule has 0 fully saturated rings. The summed E-state index contributed by atoms with van der Waals surface area (Å²) in [6.45, 7) is 6.45. The van der Waals surface area contributed by atoms with Gasteiger partial charge in [-0.2, -0.15) is 0 Å². The average Bonchev–Trinajstić information content (AvgIpc) is 2.38. The molecule has 0 saturated carbocycles. The largest absolute Gasteiger partial charge is 0.312 e. The van der Waals surface area contributed by atoms with Crippen molar-refractivity contribution in [2.75, 3.05) is 12.4 Å². The molecular weight excluding hydrogens is 230 g/mol. The fourth-order valence-electron chi connectivity index (χ4n) is 1.92. The van der Waals surface area contributed by atoms with Gasteiger partial charge in [-0.1, -0.05) is 44.5 Å². The number of hydrogen-bond donors (Lipinski definition) is 1. The van der Waals surface area contributed by atoms with Gasteiger partial charge in [0.15, 0.2) is 0 Å². The standard InChI is InChI=1S/C15H24ClN/c1-3-13-5-7-15(8-6-13)12-17-11-14(4-2)9-10-16/h5-8,14,17H,3-4,9-12H2,1-2H3. The van der Waals surface area contributed by atoms with Crippen LogP contribution in [0.15, 0.2) is 24.3 Å². The molecule has 0 amide bonds. The zero-order valence-corrected chi connectivity index (χ0v) is 11.8. The summed E-state index contributed by atoms with van der Waals surface area (Å²) in [7, 11) is 0. The third-order valence-electron chi connectivity index (χ3n) is 3.29. The summed E-state index contributed by atoms with van der Waals surface area (Å²) in [5.74, 6) is 1.48. The summed E-state index contributed by atoms with van der Waals surface area (Å²) in [5, 5.41) is 3.52. The second-order valence-electron chi connectivity index (χ2n) is 4.55. The van der Waals surface area contributed by atoms with Crippen LogP contribution >= 0.6 is 11.6 Å². The molecule has 1 N–H and O–H groups in total. The lowest BCUT2D eigenvalue weighted by molar-refractivity contribution is 0.451. The van der Waals surface area contributed by atoms with Gasteiger partial charge in [-0.25, -0.2) is 0 Å². The molecule has 0 heterocycles. The number of rotatable bonds is 8. The predicted molar refractivity (Wildman–Crippen MR) is 76.6 cm³/mol. The van der Waals surface area contributed by atoms with Gasteiger partial charge in [0.1, 0.15) is 0 Å². The van der Waals surface area contributed by atoms with E-state index in [1.54, 1.807) is 0 Å². The van der Waals surface area contributed by atoms with E-state index in [9.17, 15) is 0 Å². The molecule has 1 atom stereocenters. The minimum Gasteiger partial charge on any atom is -0.312 e. The first-order valence-corrected chi connectivity index (χ1v) is 7.18. The molecule has 1 unspecified atom stereocenters. The Bertz CT molecular complexity index is 294. The number of halogens is 1. The monoisotopic (exact) mass is 253 g/mol. The van der Waals surface area contributed by atoms with Gasteiger partial charge in [-0.15, -0.1) is 11.6 Å². The van der Waals surface area contributed by atoms with Crippen LogP contribution in [0.25, 0.3) is 0 Å². The van der Waals surface area contributed by atoms with Gasteiger partial charge in [0.2, 0.25) is 0 Å². The van der Waals surface area contributed by atoms with Gasteiger partial charge in [-0.3, -0.25) is 0 Å². The molecule has 0 aromatic heterocycles. The Kier molecular flexibility index (Phi) is 7.30. The van der Waals surface area contributed by atoms with Crippen LogP contribution < -0.4 is 5.32 Å². The van der Waals surface area contributed by atoms with Crippen LogP contribution in [0.3, 0.4) is 0 Å². The predicted octanol–water partition coefficient (Wildman–Crippen LogP) is 3.99. The molecule has 2 heteroatoms. The smallest absolute Gasteiger partial charge is 0.0226 e. The second-order valence-corrected chi connectivity index (χ2v) is 4.93. The van der Waals surface area contributed by atoms with Gasteiger partial charge < -0.3 is 5.32 Å². The van der Waals surface area contributed by atoms with Gasteiger partial charge in [-0.05, 0) is 36.4 Å². The summed E-state index contributed by atoms with van der Waals surface area (Å²) in [6, 6.07) is 8.86. The highest BCUT2D eigenvalue weighted by atomic mass is 35.5. The molecule has 17 heavy (non-hydrogen) atoms. The maximum atomic E-state index is 5.78. The zero-order chi connectivity index (χ0) is 12.5. The maximum absolute atomic E-state index is 5.78. The SMILES string of the molecule is CCc1ccc(CNCC(CC)CCCl)cc1. The van der Waals surface area contributed by atoms with E-state index in [0.717, 1.165) is 31.8 Å². The molecule has 0 aliphatic carbocycles. The van der Waals surface area contributed by atoms with Crippen molar-refractivity contribution in [2.45, 2.75) is 39.7 Å². The highest BCUT2D eigenvalue weighted by Gasteiger charge is 2.04. The summed E-state index contributed by atoms with van der Waals surface area (Å²) in [5.41, 5.74) is 2.77. The molecule has 1 rings (SSSR count). The fraction of sp³-hybridized carbons (Fsp3) is 0.600. The number of alkyl halides is 1. The van der Waals surface area contributed by atoms with Crippen molar-refractivity contribution in [1.82, 2.24) is 5.32 Å². The Hall–Kier alpha value is -0.530. The minimum absolute atomic E-state index is 0.711. The van der Waals surface area contributed by atoms with E-state index in [-0.39, 0.29) is 0 Å². The van der Waals surface area contributed by atoms with E-state index in [4.69, 9.17) is 11.6 Å². The van der Waals surface area contributed by atoms with Crippen LogP contribution in [0.4, 0.5) is 0 Å². The van der Waals surface area contributed by atoms with E-state index >= 15 is 0 Å². The first-order chi connectivity index (χ1) is 8.30. The first kappa shape index (κ1) is 14.5. The third kappa shape index (κ3) is 5.56. The Morgan fingerprint density at radius 2 is 1.76 bits per heavy atom. The summed E-state index contributed by atoms with van der Waals surface area (Å²) >= 11 is 5.78. The van der Waals surface area contributed by atoms with Crippen molar-refractivity contribution in [1.29, 1.82) is 0 Å². The quantitative estimate of drug-likeness (QED) is 0.691. The van der Waals surface area contributed by atoms with E-state index in [1.165, 1.54) is 17.5 Å². The van der Waals surface area contributed by atoms with Crippen LogP contribution in [-0.2, 0) is 13.0 Å². The van der Waals surface area contributed by atoms with Gasteiger partial charge in [0, 0.05) is 12.4 Å². The molecule has 0 aliphatic rings. The molecule has 0 bridgehead atoms. The van der Waals surface area contributed by atoms with Crippen LogP contribution in [0.1, 0.15) is 37.8 Å². The van der Waals surface area contributed by atoms with E-state index < -0.39 is 0 Å². The second kappa shape index (κ2) is 8.54. The van der Waals surface area contributed by atoms with Gasteiger partial charge in [0.25, 0.3) is 0 Å². The first-order valence-electron chi connectivity index (χ1n) is 6.64. The molecule has 0 saturated heterocycles. The Morgan fingerprint density at radius 3 is 2.29 bits per heavy atom. The fourth-order valence-corrected chi connectivity index (χ4v) is 2.23. The van der Waals surface area contributed by atoms with E-state index in [0.29, 0.717) is 5.92 Å². The van der Waals surface area contributed by atoms with Crippen LogP contribution in [0.5, 0.6) is 0 Å². The molecule has 96 valence electrons. The molecular formula is C15H24ClN. The van der Waals surface area contributed by atoms with Crippen molar-refractivity contribution in [3.8, 4) is 0 Å². The Balaban J connectivity index is 2.29. The summed E-state index contributed by atoms with van der Waals surface area (Å²) in [6.07, 6.45) is 3.43. The van der Waals surface area contributed by atoms with Gasteiger partial charge in [0.05, 0.1) is 0 Å². The lowest BCUT2D eigenvalue weighted by Crippen LogP contribution is -2.22. The van der Waals surface area contributed by atoms with Crippen molar-refractivity contribution in [3.05, 3.63) is 35.4 Å². The average molecular weight is 254 g/mol. The van der Waals surface area contributed by atoms with Crippen molar-refractivity contribution < 1.29 is 0 Å². The van der Waals surface area contributed by atoms with Crippen LogP contribution in [0.2, 0.25) is 0 Å². The molecule has 0 spiro atoms. The summed E-state index contributed by atoms with van der Waals surface area (Å²) < 4.78 is 0. The molecule has 1 aromatic carbocycles. The van der Waals surface area contributed by atoms with E-state index in [1.807, 2.05) is 0 Å². The van der Waals surface area contributed by atoms with E-state index in [2.05, 4.69) is 43.4 Å². The third-order valence-corrected chi connectivity index (χ3v) is 3.51. The van der Waals surface area contributed by atoms with Gasteiger partial charge >= 0.3 is 0 Å². The van der Waals surface area contributed by atoms with Crippen molar-refractivity contribution in [2.24, 2.45) is 5.92 Å². The van der Waals surface area contributed by atoms with Crippen LogP contribution in [0, 0.1) is 5.92 Å². The van der Waals surface area contributed by atoms with Crippen molar-refractivity contribution in [3.63, 3.8) is 0 Å². The normalized spacial score (nSPS) is 12.6. The maximum Gasteiger partial charge on any atom is 0.0226 e. The molecule has 0 aliphatic heterocycles.